The van der Waals surface area contributed by atoms with Crippen LogP contribution in [0, 0.1) is 6.92 Å². The first kappa shape index (κ1) is 19.6. The van der Waals surface area contributed by atoms with Crippen molar-refractivity contribution >= 4 is 35.0 Å². The molecular formula is C19H29N3O2S. The molecule has 5 nitrogen and oxygen atoms in total. The highest BCUT2D eigenvalue weighted by Crippen LogP contribution is 2.26. The molecule has 138 valence electrons. The van der Waals surface area contributed by atoms with Crippen LogP contribution in [-0.2, 0) is 9.59 Å². The van der Waals surface area contributed by atoms with E-state index in [1.54, 1.807) is 18.7 Å². The van der Waals surface area contributed by atoms with Gasteiger partial charge in [-0.2, -0.15) is 11.8 Å². The summed E-state index contributed by atoms with van der Waals surface area (Å²) in [6.07, 6.45) is 5.49. The summed E-state index contributed by atoms with van der Waals surface area (Å²) in [6.45, 7) is 6.07. The van der Waals surface area contributed by atoms with Crippen LogP contribution in [0.3, 0.4) is 0 Å². The van der Waals surface area contributed by atoms with E-state index in [4.69, 9.17) is 0 Å². The van der Waals surface area contributed by atoms with Gasteiger partial charge in [0.25, 0.3) is 0 Å². The lowest BCUT2D eigenvalue weighted by molar-refractivity contribution is -0.126. The van der Waals surface area contributed by atoms with Gasteiger partial charge in [0.05, 0.1) is 0 Å². The van der Waals surface area contributed by atoms with Crippen molar-refractivity contribution in [2.75, 3.05) is 35.3 Å². The van der Waals surface area contributed by atoms with Gasteiger partial charge in [-0.25, -0.2) is 0 Å². The van der Waals surface area contributed by atoms with Crippen LogP contribution in [0.2, 0.25) is 0 Å². The normalized spacial score (nSPS) is 15.1. The first-order valence-electron chi connectivity index (χ1n) is 9.00. The zero-order chi connectivity index (χ0) is 18.2. The van der Waals surface area contributed by atoms with Gasteiger partial charge in [-0.3, -0.25) is 9.59 Å². The predicted molar refractivity (Wildman–Crippen MR) is 106 cm³/mol. The smallest absolute Gasteiger partial charge is 0.246 e. The fraction of sp³-hybridized carbons (Fsp3) is 0.579. The number of aryl methyl sites for hydroxylation is 1. The van der Waals surface area contributed by atoms with E-state index in [9.17, 15) is 9.59 Å². The predicted octanol–water partition coefficient (Wildman–Crippen LogP) is 3.18. The Morgan fingerprint density at radius 1 is 1.28 bits per heavy atom. The van der Waals surface area contributed by atoms with Crippen molar-refractivity contribution in [1.29, 1.82) is 0 Å². The Bertz CT molecular complexity index is 600. The number of anilines is 2. The molecule has 0 radical (unpaired) electrons. The summed E-state index contributed by atoms with van der Waals surface area (Å²) in [5, 5.41) is 5.78. The van der Waals surface area contributed by atoms with Crippen LogP contribution in [0.5, 0.6) is 0 Å². The van der Waals surface area contributed by atoms with Crippen molar-refractivity contribution in [3.05, 3.63) is 23.8 Å². The Balaban J connectivity index is 2.03. The molecule has 0 aliphatic carbocycles. The number of amides is 2. The van der Waals surface area contributed by atoms with Gasteiger partial charge in [-0.15, -0.1) is 0 Å². The van der Waals surface area contributed by atoms with Crippen molar-refractivity contribution < 1.29 is 9.59 Å². The molecule has 0 bridgehead atoms. The van der Waals surface area contributed by atoms with Gasteiger partial charge in [0.2, 0.25) is 11.8 Å². The van der Waals surface area contributed by atoms with E-state index in [0.717, 1.165) is 30.1 Å². The Morgan fingerprint density at radius 3 is 2.60 bits per heavy atom. The number of thioether (sulfide) groups is 1. The first-order valence-corrected chi connectivity index (χ1v) is 10.4. The molecular weight excluding hydrogens is 334 g/mol. The topological polar surface area (TPSA) is 61.4 Å². The molecule has 0 unspecified atom stereocenters. The largest absolute Gasteiger partial charge is 0.371 e. The maximum Gasteiger partial charge on any atom is 0.246 e. The highest BCUT2D eigenvalue weighted by atomic mass is 32.2. The number of nitrogens with zero attached hydrogens (tertiary/aromatic N) is 1. The molecule has 1 fully saturated rings. The minimum atomic E-state index is -0.488. The summed E-state index contributed by atoms with van der Waals surface area (Å²) in [5.74, 6) is 0.584. The summed E-state index contributed by atoms with van der Waals surface area (Å²) >= 11 is 1.67. The molecule has 1 aromatic rings. The van der Waals surface area contributed by atoms with Crippen molar-refractivity contribution in [3.8, 4) is 0 Å². The van der Waals surface area contributed by atoms with E-state index < -0.39 is 6.04 Å². The van der Waals surface area contributed by atoms with Crippen LogP contribution in [-0.4, -0.2) is 43.0 Å². The molecule has 1 aromatic carbocycles. The van der Waals surface area contributed by atoms with Crippen LogP contribution in [0.25, 0.3) is 0 Å². The van der Waals surface area contributed by atoms with Gasteiger partial charge in [-0.1, -0.05) is 6.92 Å². The summed E-state index contributed by atoms with van der Waals surface area (Å²) < 4.78 is 0. The number of nitrogens with one attached hydrogen (secondary N) is 2. The van der Waals surface area contributed by atoms with Crippen molar-refractivity contribution in [3.63, 3.8) is 0 Å². The van der Waals surface area contributed by atoms with Gasteiger partial charge in [0.1, 0.15) is 6.04 Å². The molecule has 1 atom stereocenters. The lowest BCUT2D eigenvalue weighted by Gasteiger charge is -2.22. The third-order valence-corrected chi connectivity index (χ3v) is 5.14. The molecule has 0 saturated carbocycles. The van der Waals surface area contributed by atoms with Gasteiger partial charge < -0.3 is 15.5 Å². The van der Waals surface area contributed by atoms with E-state index in [2.05, 4.69) is 28.5 Å². The Kier molecular flexibility index (Phi) is 7.62. The fourth-order valence-corrected chi connectivity index (χ4v) is 3.55. The summed E-state index contributed by atoms with van der Waals surface area (Å²) in [6, 6.07) is 5.56. The summed E-state index contributed by atoms with van der Waals surface area (Å²) in [5.41, 5.74) is 3.19. The quantitative estimate of drug-likeness (QED) is 0.745. The highest BCUT2D eigenvalue weighted by Gasteiger charge is 2.20. The second-order valence-corrected chi connectivity index (χ2v) is 7.43. The molecule has 0 aromatic heterocycles. The Hall–Kier alpha value is -1.69. The highest BCUT2D eigenvalue weighted by molar-refractivity contribution is 7.98. The fourth-order valence-electron chi connectivity index (χ4n) is 3.08. The van der Waals surface area contributed by atoms with Gasteiger partial charge in [0, 0.05) is 30.9 Å². The van der Waals surface area contributed by atoms with Crippen LogP contribution >= 0.6 is 11.8 Å². The molecule has 2 amide bonds. The van der Waals surface area contributed by atoms with E-state index in [1.807, 2.05) is 18.4 Å². The zero-order valence-corrected chi connectivity index (χ0v) is 16.2. The molecule has 2 rings (SSSR count). The van der Waals surface area contributed by atoms with Crippen molar-refractivity contribution in [2.45, 2.75) is 45.6 Å². The maximum atomic E-state index is 12.6. The Labute approximate surface area is 154 Å². The number of carbonyl (C=O) groups excluding carboxylic acids is 2. The summed E-state index contributed by atoms with van der Waals surface area (Å²) in [7, 11) is 0. The molecule has 1 aliphatic rings. The van der Waals surface area contributed by atoms with Gasteiger partial charge >= 0.3 is 0 Å². The van der Waals surface area contributed by atoms with E-state index in [0.29, 0.717) is 12.8 Å². The van der Waals surface area contributed by atoms with E-state index in [-0.39, 0.29) is 11.8 Å². The van der Waals surface area contributed by atoms with Gasteiger partial charge in [-0.05, 0) is 62.0 Å². The molecule has 2 N–H and O–H groups in total. The van der Waals surface area contributed by atoms with Crippen LogP contribution in [0.4, 0.5) is 11.4 Å². The summed E-state index contributed by atoms with van der Waals surface area (Å²) in [4.78, 5) is 26.7. The van der Waals surface area contributed by atoms with E-state index in [1.165, 1.54) is 18.5 Å². The minimum Gasteiger partial charge on any atom is -0.371 e. The lowest BCUT2D eigenvalue weighted by Crippen LogP contribution is -2.44. The second kappa shape index (κ2) is 9.70. The number of benzene rings is 1. The first-order chi connectivity index (χ1) is 12.0. The minimum absolute atomic E-state index is 0.0955. The van der Waals surface area contributed by atoms with Crippen molar-refractivity contribution in [2.24, 2.45) is 0 Å². The van der Waals surface area contributed by atoms with Crippen LogP contribution in [0.15, 0.2) is 18.2 Å². The van der Waals surface area contributed by atoms with Gasteiger partial charge in [0.15, 0.2) is 0 Å². The SMILES string of the molecule is CCC(=O)N[C@H](CCSC)C(=O)Nc1ccc(N2CCCC2)c(C)c1. The molecule has 1 heterocycles. The third-order valence-electron chi connectivity index (χ3n) is 4.49. The number of hydrogen-bond acceptors (Lipinski definition) is 4. The number of carbonyl (C=O) groups is 2. The average Bonchev–Trinajstić information content (AvgIpc) is 3.12. The van der Waals surface area contributed by atoms with Crippen LogP contribution in [0.1, 0.15) is 38.2 Å². The molecule has 1 saturated heterocycles. The number of rotatable bonds is 8. The Morgan fingerprint density at radius 2 is 2.00 bits per heavy atom. The number of hydrogen-bond donors (Lipinski definition) is 2. The third kappa shape index (κ3) is 5.66. The monoisotopic (exact) mass is 363 g/mol. The zero-order valence-electron chi connectivity index (χ0n) is 15.4. The molecule has 1 aliphatic heterocycles. The van der Waals surface area contributed by atoms with Crippen molar-refractivity contribution in [1.82, 2.24) is 5.32 Å². The standard InChI is InChI=1S/C19H29N3O2S/c1-4-18(23)21-16(9-12-25-3)19(24)20-15-7-8-17(14(2)13-15)22-10-5-6-11-22/h7-8,13,16H,4-6,9-12H2,1-3H3,(H,20,24)(H,21,23)/t16-/m1/s1. The lowest BCUT2D eigenvalue weighted by atomic mass is 10.1. The van der Waals surface area contributed by atoms with E-state index >= 15 is 0 Å². The molecule has 0 spiro atoms. The second-order valence-electron chi connectivity index (χ2n) is 6.44. The molecule has 6 heteroatoms. The van der Waals surface area contributed by atoms with Crippen LogP contribution < -0.4 is 15.5 Å². The average molecular weight is 364 g/mol. The molecule has 25 heavy (non-hydrogen) atoms. The maximum absolute atomic E-state index is 12.6.